The molecule has 1 aliphatic heterocycles. The van der Waals surface area contributed by atoms with Crippen molar-refractivity contribution in [2.75, 3.05) is 13.2 Å². The van der Waals surface area contributed by atoms with Gasteiger partial charge < -0.3 is 9.84 Å². The van der Waals surface area contributed by atoms with Crippen molar-refractivity contribution in [3.63, 3.8) is 0 Å². The van der Waals surface area contributed by atoms with Gasteiger partial charge >= 0.3 is 0 Å². The van der Waals surface area contributed by atoms with E-state index in [2.05, 4.69) is 0 Å². The number of halogens is 1. The van der Waals surface area contributed by atoms with Gasteiger partial charge in [0.05, 0.1) is 37.0 Å². The molecule has 0 saturated carbocycles. The monoisotopic (exact) mass is 329 g/mol. The number of aliphatic hydroxyl groups excluding tert-OH is 1. The number of β-amino-alcohol motifs (C(OH)–C–C–N with tert-alkyl or cyclic N) is 1. The summed E-state index contributed by atoms with van der Waals surface area (Å²) in [5.41, 5.74) is 1.05. The summed E-state index contributed by atoms with van der Waals surface area (Å²) in [4.78, 5) is 25.4. The highest BCUT2D eigenvalue weighted by molar-refractivity contribution is 6.21. The van der Waals surface area contributed by atoms with Gasteiger partial charge in [0.1, 0.15) is 5.82 Å². The van der Waals surface area contributed by atoms with Crippen molar-refractivity contribution in [2.24, 2.45) is 0 Å². The number of rotatable bonds is 6. The van der Waals surface area contributed by atoms with Crippen LogP contribution in [0.3, 0.4) is 0 Å². The van der Waals surface area contributed by atoms with Gasteiger partial charge in [-0.25, -0.2) is 4.39 Å². The molecule has 0 radical (unpaired) electrons. The van der Waals surface area contributed by atoms with Crippen LogP contribution in [-0.2, 0) is 11.3 Å². The van der Waals surface area contributed by atoms with Crippen molar-refractivity contribution < 1.29 is 23.8 Å². The first-order valence-corrected chi connectivity index (χ1v) is 7.52. The molecule has 1 aliphatic rings. The summed E-state index contributed by atoms with van der Waals surface area (Å²) >= 11 is 0. The van der Waals surface area contributed by atoms with E-state index in [9.17, 15) is 19.1 Å². The molecule has 0 unspecified atom stereocenters. The van der Waals surface area contributed by atoms with Crippen LogP contribution in [0.2, 0.25) is 0 Å². The number of carbonyl (C=O) groups excluding carboxylic acids is 2. The third-order valence-corrected chi connectivity index (χ3v) is 3.80. The van der Waals surface area contributed by atoms with Gasteiger partial charge in [-0.2, -0.15) is 0 Å². The molecular weight excluding hydrogens is 313 g/mol. The van der Waals surface area contributed by atoms with Crippen LogP contribution < -0.4 is 0 Å². The predicted molar refractivity (Wildman–Crippen MR) is 83.9 cm³/mol. The van der Waals surface area contributed by atoms with Gasteiger partial charge in [0, 0.05) is 5.56 Å². The average Bonchev–Trinajstić information content (AvgIpc) is 2.82. The molecule has 0 aliphatic carbocycles. The Morgan fingerprint density at radius 2 is 1.58 bits per heavy atom. The Kier molecular flexibility index (Phi) is 4.69. The number of aliphatic hydroxyl groups is 1. The van der Waals surface area contributed by atoms with Crippen LogP contribution in [0.5, 0.6) is 0 Å². The molecule has 1 atom stereocenters. The van der Waals surface area contributed by atoms with E-state index in [1.54, 1.807) is 42.5 Å². The van der Waals surface area contributed by atoms with Crippen LogP contribution >= 0.6 is 0 Å². The van der Waals surface area contributed by atoms with Gasteiger partial charge in [-0.05, 0) is 18.2 Å². The number of amides is 2. The van der Waals surface area contributed by atoms with E-state index in [-0.39, 0.29) is 25.6 Å². The minimum absolute atomic E-state index is 0.00581. The fourth-order valence-electron chi connectivity index (χ4n) is 2.59. The van der Waals surface area contributed by atoms with E-state index < -0.39 is 17.9 Å². The molecule has 2 amide bonds. The lowest BCUT2D eigenvalue weighted by Crippen LogP contribution is -2.38. The maximum atomic E-state index is 13.5. The molecule has 3 rings (SSSR count). The highest BCUT2D eigenvalue weighted by atomic mass is 19.1. The summed E-state index contributed by atoms with van der Waals surface area (Å²) in [5.74, 6) is -1.24. The Labute approximate surface area is 138 Å². The summed E-state index contributed by atoms with van der Waals surface area (Å²) < 4.78 is 18.7. The molecular formula is C18H16FNO4. The lowest BCUT2D eigenvalue weighted by molar-refractivity contribution is 0.0113. The largest absolute Gasteiger partial charge is 0.389 e. The molecule has 124 valence electrons. The molecule has 1 heterocycles. The van der Waals surface area contributed by atoms with E-state index in [1.165, 1.54) is 6.07 Å². The van der Waals surface area contributed by atoms with Crippen LogP contribution in [-0.4, -0.2) is 41.1 Å². The molecule has 5 nitrogen and oxygen atoms in total. The summed E-state index contributed by atoms with van der Waals surface area (Å²) in [5, 5.41) is 10.0. The number of benzene rings is 2. The normalized spacial score (nSPS) is 14.8. The maximum Gasteiger partial charge on any atom is 0.261 e. The molecule has 6 heteroatoms. The van der Waals surface area contributed by atoms with E-state index in [0.717, 1.165) is 4.90 Å². The van der Waals surface area contributed by atoms with E-state index >= 15 is 0 Å². The van der Waals surface area contributed by atoms with Crippen molar-refractivity contribution in [1.29, 1.82) is 0 Å². The number of ether oxygens (including phenoxy) is 1. The lowest BCUT2D eigenvalue weighted by Gasteiger charge is -2.18. The van der Waals surface area contributed by atoms with Gasteiger partial charge in [0.2, 0.25) is 0 Å². The van der Waals surface area contributed by atoms with Crippen molar-refractivity contribution in [1.82, 2.24) is 4.90 Å². The maximum absolute atomic E-state index is 13.5. The SMILES string of the molecule is O=C1c2ccccc2C(=O)N1C[C@@H](O)COCc1ccccc1F. The Balaban J connectivity index is 1.54. The van der Waals surface area contributed by atoms with Crippen molar-refractivity contribution in [3.05, 3.63) is 71.0 Å². The Hall–Kier alpha value is -2.57. The summed E-state index contributed by atoms with van der Waals surface area (Å²) in [6.45, 7) is -0.267. The molecule has 1 N–H and O–H groups in total. The van der Waals surface area contributed by atoms with E-state index in [1.807, 2.05) is 0 Å². The minimum Gasteiger partial charge on any atom is -0.389 e. The summed E-state index contributed by atoms with van der Waals surface area (Å²) in [6.07, 6.45) is -1.04. The smallest absolute Gasteiger partial charge is 0.261 e. The van der Waals surface area contributed by atoms with Crippen molar-refractivity contribution in [3.8, 4) is 0 Å². The second-order valence-electron chi connectivity index (χ2n) is 5.53. The summed E-state index contributed by atoms with van der Waals surface area (Å²) in [6, 6.07) is 12.7. The van der Waals surface area contributed by atoms with Gasteiger partial charge in [0.25, 0.3) is 11.8 Å². The zero-order chi connectivity index (χ0) is 17.1. The van der Waals surface area contributed by atoms with Crippen LogP contribution in [0, 0.1) is 5.82 Å². The first-order valence-electron chi connectivity index (χ1n) is 7.52. The third-order valence-electron chi connectivity index (χ3n) is 3.80. The number of carbonyl (C=O) groups is 2. The molecule has 0 aromatic heterocycles. The fraction of sp³-hybridized carbons (Fsp3) is 0.222. The topological polar surface area (TPSA) is 66.8 Å². The zero-order valence-corrected chi connectivity index (χ0v) is 12.8. The number of fused-ring (bicyclic) bond motifs is 1. The summed E-state index contributed by atoms with van der Waals surface area (Å²) in [7, 11) is 0. The molecule has 24 heavy (non-hydrogen) atoms. The van der Waals surface area contributed by atoms with Crippen LogP contribution in [0.1, 0.15) is 26.3 Å². The highest BCUT2D eigenvalue weighted by Gasteiger charge is 2.36. The van der Waals surface area contributed by atoms with Gasteiger partial charge in [-0.15, -0.1) is 0 Å². The number of hydrogen-bond acceptors (Lipinski definition) is 4. The van der Waals surface area contributed by atoms with Gasteiger partial charge in [0.15, 0.2) is 0 Å². The average molecular weight is 329 g/mol. The van der Waals surface area contributed by atoms with Crippen molar-refractivity contribution >= 4 is 11.8 Å². The second-order valence-corrected chi connectivity index (χ2v) is 5.53. The number of hydrogen-bond donors (Lipinski definition) is 1. The molecule has 0 spiro atoms. The molecule has 2 aromatic rings. The van der Waals surface area contributed by atoms with Gasteiger partial charge in [-0.1, -0.05) is 30.3 Å². The molecule has 0 saturated heterocycles. The van der Waals surface area contributed by atoms with Crippen LogP contribution in [0.25, 0.3) is 0 Å². The van der Waals surface area contributed by atoms with Gasteiger partial charge in [-0.3, -0.25) is 14.5 Å². The zero-order valence-electron chi connectivity index (χ0n) is 12.8. The standard InChI is InChI=1S/C18H16FNO4/c19-16-8-4-1-5-12(16)10-24-11-13(21)9-20-17(22)14-6-2-3-7-15(14)18(20)23/h1-8,13,21H,9-11H2/t13-/m1/s1. The third kappa shape index (κ3) is 3.20. The van der Waals surface area contributed by atoms with Crippen LogP contribution in [0.4, 0.5) is 4.39 Å². The molecule has 2 aromatic carbocycles. The Morgan fingerprint density at radius 1 is 1.00 bits per heavy atom. The number of nitrogens with zero attached hydrogens (tertiary/aromatic N) is 1. The molecule has 0 fully saturated rings. The predicted octanol–water partition coefficient (Wildman–Crippen LogP) is 2.00. The second kappa shape index (κ2) is 6.90. The Morgan fingerprint density at radius 3 is 2.21 bits per heavy atom. The lowest BCUT2D eigenvalue weighted by atomic mass is 10.1. The fourth-order valence-corrected chi connectivity index (χ4v) is 2.59. The van der Waals surface area contributed by atoms with Crippen LogP contribution in [0.15, 0.2) is 48.5 Å². The van der Waals surface area contributed by atoms with E-state index in [0.29, 0.717) is 16.7 Å². The quantitative estimate of drug-likeness (QED) is 0.823. The molecule has 0 bridgehead atoms. The first kappa shape index (κ1) is 16.3. The highest BCUT2D eigenvalue weighted by Crippen LogP contribution is 2.22. The first-order chi connectivity index (χ1) is 11.6. The van der Waals surface area contributed by atoms with Crippen molar-refractivity contribution in [2.45, 2.75) is 12.7 Å². The number of imide groups is 1. The van der Waals surface area contributed by atoms with E-state index in [4.69, 9.17) is 4.74 Å². The minimum atomic E-state index is -1.04. The Bertz CT molecular complexity index is 742.